The number of carbonyl (C=O) groups is 3. The molecule has 0 aromatic carbocycles. The zero-order valence-electron chi connectivity index (χ0n) is 20.3. The lowest BCUT2D eigenvalue weighted by Gasteiger charge is -2.53. The van der Waals surface area contributed by atoms with Crippen LogP contribution < -0.4 is 0 Å². The first-order chi connectivity index (χ1) is 15.5. The molecule has 0 spiro atoms. The van der Waals surface area contributed by atoms with Crippen molar-refractivity contribution in [1.29, 1.82) is 0 Å². The predicted molar refractivity (Wildman–Crippen MR) is 121 cm³/mol. The van der Waals surface area contributed by atoms with Crippen LogP contribution in [0, 0.1) is 24.2 Å². The van der Waals surface area contributed by atoms with Gasteiger partial charge in [-0.15, -0.1) is 0 Å². The van der Waals surface area contributed by atoms with E-state index in [0.717, 1.165) is 22.5 Å². The fourth-order valence-electron chi connectivity index (χ4n) is 5.29. The zero-order valence-corrected chi connectivity index (χ0v) is 20.3. The van der Waals surface area contributed by atoms with Crippen molar-refractivity contribution in [3.05, 3.63) is 46.4 Å². The molecule has 2 aliphatic rings. The van der Waals surface area contributed by atoms with Gasteiger partial charge in [0, 0.05) is 29.0 Å². The van der Waals surface area contributed by atoms with Gasteiger partial charge in [-0.1, -0.05) is 25.5 Å². The molecule has 0 amide bonds. The summed E-state index contributed by atoms with van der Waals surface area (Å²) in [5, 5.41) is 10.3. The Labute approximate surface area is 194 Å². The van der Waals surface area contributed by atoms with Crippen LogP contribution in [0.1, 0.15) is 76.9 Å². The Bertz CT molecular complexity index is 998. The number of hydrogen-bond donors (Lipinski definition) is 1. The van der Waals surface area contributed by atoms with Gasteiger partial charge in [-0.3, -0.25) is 4.79 Å². The van der Waals surface area contributed by atoms with Gasteiger partial charge in [-0.05, 0) is 58.4 Å². The third-order valence-corrected chi connectivity index (χ3v) is 7.52. The average molecular weight is 459 g/mol. The average Bonchev–Trinajstić information content (AvgIpc) is 3.12. The van der Waals surface area contributed by atoms with Gasteiger partial charge in [0.2, 0.25) is 0 Å². The zero-order chi connectivity index (χ0) is 24.5. The number of hydrogen-bond acceptors (Lipinski definition) is 6. The topological polar surface area (TPSA) is 103 Å². The molecule has 1 fully saturated rings. The number of rotatable bonds is 6. The Morgan fingerprint density at radius 1 is 1.24 bits per heavy atom. The summed E-state index contributed by atoms with van der Waals surface area (Å²) in [5.41, 5.74) is 1.85. The number of carboxylic acid groups (broad SMARTS) is 1. The van der Waals surface area contributed by atoms with Gasteiger partial charge in [0.05, 0.1) is 6.26 Å². The third-order valence-electron chi connectivity index (χ3n) is 7.52. The minimum atomic E-state index is -1.07. The van der Waals surface area contributed by atoms with Crippen LogP contribution in [-0.2, 0) is 30.3 Å². The summed E-state index contributed by atoms with van der Waals surface area (Å²) in [6, 6.07) is 0. The van der Waals surface area contributed by atoms with Crippen LogP contribution >= 0.6 is 0 Å². The van der Waals surface area contributed by atoms with Crippen molar-refractivity contribution in [2.45, 2.75) is 79.4 Å². The summed E-state index contributed by atoms with van der Waals surface area (Å²) in [7, 11) is 0. The largest absolute Gasteiger partial charge is 0.481 e. The van der Waals surface area contributed by atoms with Crippen LogP contribution in [0.3, 0.4) is 0 Å². The molecule has 33 heavy (non-hydrogen) atoms. The Morgan fingerprint density at radius 2 is 1.94 bits per heavy atom. The Hall–Kier alpha value is -2.83. The number of allylic oxidation sites excluding steroid dienone is 2. The SMILES string of the molecule is C/C=C(\C)C(=O)O[C@H]1CC[C@@H]2Cc3occ(C)c3[C@@H](OC(=O)/C=C(\C)CC)[C@]2(C)[C@H]1C(=O)O. The van der Waals surface area contributed by atoms with Gasteiger partial charge < -0.3 is 19.0 Å². The molecule has 0 bridgehead atoms. The van der Waals surface area contributed by atoms with Crippen molar-refractivity contribution in [2.75, 3.05) is 0 Å². The molecular weight excluding hydrogens is 424 g/mol. The molecule has 7 heteroatoms. The van der Waals surface area contributed by atoms with Gasteiger partial charge >= 0.3 is 17.9 Å². The van der Waals surface area contributed by atoms with Crippen LogP contribution in [0.2, 0.25) is 0 Å². The minimum Gasteiger partial charge on any atom is -0.481 e. The van der Waals surface area contributed by atoms with E-state index in [1.807, 2.05) is 27.7 Å². The van der Waals surface area contributed by atoms with Crippen molar-refractivity contribution in [3.63, 3.8) is 0 Å². The molecule has 1 N–H and O–H groups in total. The van der Waals surface area contributed by atoms with Gasteiger partial charge in [0.15, 0.2) is 0 Å². The normalized spacial score (nSPS) is 29.6. The molecule has 5 atom stereocenters. The quantitative estimate of drug-likeness (QED) is 0.468. The van der Waals surface area contributed by atoms with Crippen LogP contribution in [0.15, 0.2) is 34.0 Å². The van der Waals surface area contributed by atoms with E-state index in [0.29, 0.717) is 31.3 Å². The van der Waals surface area contributed by atoms with Gasteiger partial charge in [0.25, 0.3) is 0 Å². The van der Waals surface area contributed by atoms with Gasteiger partial charge in [-0.25, -0.2) is 9.59 Å². The summed E-state index contributed by atoms with van der Waals surface area (Å²) in [5.74, 6) is -2.52. The summed E-state index contributed by atoms with van der Waals surface area (Å²) >= 11 is 0. The number of esters is 2. The smallest absolute Gasteiger partial charge is 0.333 e. The second-order valence-electron chi connectivity index (χ2n) is 9.49. The van der Waals surface area contributed by atoms with E-state index < -0.39 is 41.4 Å². The van der Waals surface area contributed by atoms with Crippen molar-refractivity contribution >= 4 is 17.9 Å². The highest BCUT2D eigenvalue weighted by atomic mass is 16.6. The molecule has 0 aliphatic heterocycles. The second kappa shape index (κ2) is 9.57. The molecule has 7 nitrogen and oxygen atoms in total. The minimum absolute atomic E-state index is 0.108. The summed E-state index contributed by atoms with van der Waals surface area (Å²) < 4.78 is 17.5. The lowest BCUT2D eigenvalue weighted by Crippen LogP contribution is -2.56. The van der Waals surface area contributed by atoms with E-state index in [9.17, 15) is 19.5 Å². The van der Waals surface area contributed by atoms with E-state index >= 15 is 0 Å². The second-order valence-corrected chi connectivity index (χ2v) is 9.49. The van der Waals surface area contributed by atoms with E-state index in [2.05, 4.69) is 0 Å². The number of fused-ring (bicyclic) bond motifs is 2. The lowest BCUT2D eigenvalue weighted by molar-refractivity contribution is -0.196. The summed E-state index contributed by atoms with van der Waals surface area (Å²) in [6.07, 6.45) is 5.37. The molecule has 1 aromatic rings. The standard InChI is InChI=1S/C26H34O7/c1-7-14(3)11-20(27)33-23-21-16(5)13-31-19(21)12-17-9-10-18(32-25(30)15(4)8-2)22(24(28)29)26(17,23)6/h8,11,13,17-18,22-23H,7,9-10,12H2,1-6H3,(H,28,29)/b14-11+,15-8+/t17-,18+,22-,23-,26+/m1/s1. The molecule has 0 radical (unpaired) electrons. The van der Waals surface area contributed by atoms with Crippen molar-refractivity contribution in [2.24, 2.45) is 17.3 Å². The molecule has 0 unspecified atom stereocenters. The first-order valence-corrected chi connectivity index (χ1v) is 11.6. The summed E-state index contributed by atoms with van der Waals surface area (Å²) in [4.78, 5) is 38.0. The van der Waals surface area contributed by atoms with E-state index in [4.69, 9.17) is 13.9 Å². The molecule has 1 heterocycles. The van der Waals surface area contributed by atoms with E-state index in [1.165, 1.54) is 6.08 Å². The van der Waals surface area contributed by atoms with E-state index in [1.54, 1.807) is 26.2 Å². The molecule has 2 aliphatic carbocycles. The maximum Gasteiger partial charge on any atom is 0.333 e. The highest BCUT2D eigenvalue weighted by Gasteiger charge is 2.61. The van der Waals surface area contributed by atoms with Crippen LogP contribution in [-0.4, -0.2) is 29.1 Å². The number of aryl methyl sites for hydroxylation is 1. The number of carboxylic acids is 1. The summed E-state index contributed by atoms with van der Waals surface area (Å²) in [6.45, 7) is 10.9. The maximum absolute atomic E-state index is 12.8. The molecule has 180 valence electrons. The predicted octanol–water partition coefficient (Wildman–Crippen LogP) is 5.08. The first kappa shape index (κ1) is 24.8. The fraction of sp³-hybridized carbons (Fsp3) is 0.577. The third kappa shape index (κ3) is 4.50. The van der Waals surface area contributed by atoms with Crippen molar-refractivity contribution in [3.8, 4) is 0 Å². The Morgan fingerprint density at radius 3 is 2.55 bits per heavy atom. The number of aliphatic carboxylic acids is 1. The molecule has 1 aromatic heterocycles. The number of ether oxygens (including phenoxy) is 2. The van der Waals surface area contributed by atoms with Crippen molar-refractivity contribution < 1.29 is 33.4 Å². The van der Waals surface area contributed by atoms with Crippen LogP contribution in [0.25, 0.3) is 0 Å². The van der Waals surface area contributed by atoms with Crippen LogP contribution in [0.4, 0.5) is 0 Å². The molecule has 0 saturated heterocycles. The number of furan rings is 1. The molecular formula is C26H34O7. The monoisotopic (exact) mass is 458 g/mol. The lowest BCUT2D eigenvalue weighted by atomic mass is 9.53. The highest BCUT2D eigenvalue weighted by molar-refractivity contribution is 5.88. The van der Waals surface area contributed by atoms with E-state index in [-0.39, 0.29) is 5.92 Å². The van der Waals surface area contributed by atoms with Gasteiger partial charge in [-0.2, -0.15) is 0 Å². The van der Waals surface area contributed by atoms with Gasteiger partial charge in [0.1, 0.15) is 23.9 Å². The van der Waals surface area contributed by atoms with Crippen molar-refractivity contribution in [1.82, 2.24) is 0 Å². The molecule has 3 rings (SSSR count). The van der Waals surface area contributed by atoms with Crippen LogP contribution in [0.5, 0.6) is 0 Å². The fourth-order valence-corrected chi connectivity index (χ4v) is 5.29. The highest BCUT2D eigenvalue weighted by Crippen LogP contribution is 2.60. The Kier molecular flexibility index (Phi) is 7.20. The Balaban J connectivity index is 2.08. The maximum atomic E-state index is 12.8. The molecule has 1 saturated carbocycles. The number of carbonyl (C=O) groups excluding carboxylic acids is 2. The first-order valence-electron chi connectivity index (χ1n) is 11.6.